The minimum Gasteiger partial charge on any atom is -0.367 e. The molecule has 0 aliphatic rings. The summed E-state index contributed by atoms with van der Waals surface area (Å²) in [5.74, 6) is -4.36. The highest BCUT2D eigenvalue weighted by molar-refractivity contribution is 5.84. The largest absolute Gasteiger partial charge is 0.367 e. The predicted octanol–water partition coefficient (Wildman–Crippen LogP) is 1.80. The number of benzene rings is 1. The first-order valence-corrected chi connectivity index (χ1v) is 6.32. The van der Waals surface area contributed by atoms with Crippen molar-refractivity contribution >= 4 is 11.7 Å². The first-order chi connectivity index (χ1) is 10.1. The van der Waals surface area contributed by atoms with Crippen LogP contribution in [-0.2, 0) is 10.7 Å². The van der Waals surface area contributed by atoms with Crippen molar-refractivity contribution < 1.29 is 13.6 Å². The van der Waals surface area contributed by atoms with Gasteiger partial charge in [-0.2, -0.15) is 8.78 Å². The van der Waals surface area contributed by atoms with E-state index >= 15 is 0 Å². The molecule has 5 nitrogen and oxygen atoms in total. The highest BCUT2D eigenvalue weighted by Gasteiger charge is 2.40. The Bertz CT molecular complexity index is 578. The Balaban J connectivity index is 1.82. The van der Waals surface area contributed by atoms with E-state index in [1.807, 2.05) is 0 Å². The maximum Gasteiger partial charge on any atom is 0.349 e. The smallest absolute Gasteiger partial charge is 0.349 e. The van der Waals surface area contributed by atoms with Crippen LogP contribution >= 0.6 is 0 Å². The molecule has 0 atom stereocenters. The average molecular weight is 292 g/mol. The van der Waals surface area contributed by atoms with Crippen LogP contribution in [0.1, 0.15) is 5.56 Å². The Hall–Kier alpha value is -2.57. The Kier molecular flexibility index (Phi) is 4.76. The zero-order valence-corrected chi connectivity index (χ0v) is 11.1. The molecule has 2 aromatic rings. The summed E-state index contributed by atoms with van der Waals surface area (Å²) in [6, 6.07) is 6.98. The molecule has 21 heavy (non-hydrogen) atoms. The van der Waals surface area contributed by atoms with E-state index in [1.54, 1.807) is 6.07 Å². The SMILES string of the molecule is O=C(NCCNc1cnccn1)C(F)(F)c1ccccc1. The molecule has 0 aliphatic heterocycles. The van der Waals surface area contributed by atoms with E-state index in [0.29, 0.717) is 5.82 Å². The molecule has 0 saturated heterocycles. The lowest BCUT2D eigenvalue weighted by Gasteiger charge is -2.16. The monoisotopic (exact) mass is 292 g/mol. The molecular formula is C14H14F2N4O. The molecule has 2 rings (SSSR count). The summed E-state index contributed by atoms with van der Waals surface area (Å²) in [5.41, 5.74) is -0.329. The average Bonchev–Trinajstić information content (AvgIpc) is 2.53. The van der Waals surface area contributed by atoms with Gasteiger partial charge < -0.3 is 10.6 Å². The number of hydrogen-bond acceptors (Lipinski definition) is 4. The first kappa shape index (κ1) is 14.8. The van der Waals surface area contributed by atoms with Gasteiger partial charge in [-0.3, -0.25) is 9.78 Å². The number of amides is 1. The molecule has 1 amide bonds. The van der Waals surface area contributed by atoms with Crippen molar-refractivity contribution in [1.82, 2.24) is 15.3 Å². The third kappa shape index (κ3) is 3.95. The molecule has 0 bridgehead atoms. The number of halogens is 2. The number of anilines is 1. The van der Waals surface area contributed by atoms with Crippen LogP contribution in [0.4, 0.5) is 14.6 Å². The second-order valence-corrected chi connectivity index (χ2v) is 4.21. The van der Waals surface area contributed by atoms with Crippen molar-refractivity contribution in [3.8, 4) is 0 Å². The minimum absolute atomic E-state index is 0.0534. The molecule has 1 aromatic heterocycles. The van der Waals surface area contributed by atoms with Gasteiger partial charge >= 0.3 is 5.92 Å². The van der Waals surface area contributed by atoms with Crippen molar-refractivity contribution in [1.29, 1.82) is 0 Å². The number of carbonyl (C=O) groups is 1. The van der Waals surface area contributed by atoms with Crippen LogP contribution in [-0.4, -0.2) is 29.0 Å². The van der Waals surface area contributed by atoms with Crippen molar-refractivity contribution in [2.75, 3.05) is 18.4 Å². The van der Waals surface area contributed by atoms with Crippen LogP contribution in [0.25, 0.3) is 0 Å². The van der Waals surface area contributed by atoms with Gasteiger partial charge in [0.25, 0.3) is 5.91 Å². The van der Waals surface area contributed by atoms with Crippen molar-refractivity contribution in [3.05, 3.63) is 54.5 Å². The quantitative estimate of drug-likeness (QED) is 0.797. The highest BCUT2D eigenvalue weighted by atomic mass is 19.3. The zero-order valence-electron chi connectivity index (χ0n) is 11.1. The number of hydrogen-bond donors (Lipinski definition) is 2. The van der Waals surface area contributed by atoms with E-state index in [1.165, 1.54) is 42.9 Å². The van der Waals surface area contributed by atoms with Crippen LogP contribution in [0.3, 0.4) is 0 Å². The molecule has 110 valence electrons. The number of nitrogens with one attached hydrogen (secondary N) is 2. The van der Waals surface area contributed by atoms with E-state index in [9.17, 15) is 13.6 Å². The van der Waals surface area contributed by atoms with Gasteiger partial charge in [0, 0.05) is 31.0 Å². The van der Waals surface area contributed by atoms with Crippen LogP contribution < -0.4 is 10.6 Å². The van der Waals surface area contributed by atoms with Gasteiger partial charge in [-0.05, 0) is 0 Å². The molecule has 0 radical (unpaired) electrons. The second-order valence-electron chi connectivity index (χ2n) is 4.21. The molecule has 2 N–H and O–H groups in total. The molecular weight excluding hydrogens is 278 g/mol. The Labute approximate surface area is 120 Å². The Morgan fingerprint density at radius 1 is 1.14 bits per heavy atom. The number of nitrogens with zero attached hydrogens (tertiary/aromatic N) is 2. The van der Waals surface area contributed by atoms with Gasteiger partial charge in [-0.25, -0.2) is 4.98 Å². The molecule has 0 saturated carbocycles. The summed E-state index contributed by atoms with van der Waals surface area (Å²) in [7, 11) is 0. The Morgan fingerprint density at radius 3 is 2.57 bits per heavy atom. The van der Waals surface area contributed by atoms with E-state index in [0.717, 1.165) is 0 Å². The highest BCUT2D eigenvalue weighted by Crippen LogP contribution is 2.27. The van der Waals surface area contributed by atoms with Crippen LogP contribution in [0.15, 0.2) is 48.9 Å². The Morgan fingerprint density at radius 2 is 1.90 bits per heavy atom. The van der Waals surface area contributed by atoms with Gasteiger partial charge in [0.15, 0.2) is 0 Å². The van der Waals surface area contributed by atoms with Crippen LogP contribution in [0, 0.1) is 0 Å². The van der Waals surface area contributed by atoms with E-state index in [4.69, 9.17) is 0 Å². The fourth-order valence-electron chi connectivity index (χ4n) is 1.65. The normalized spacial score (nSPS) is 11.0. The van der Waals surface area contributed by atoms with E-state index in [2.05, 4.69) is 20.6 Å². The second kappa shape index (κ2) is 6.74. The maximum absolute atomic E-state index is 13.8. The minimum atomic E-state index is -3.55. The molecule has 0 fully saturated rings. The summed E-state index contributed by atoms with van der Waals surface area (Å²) in [6.07, 6.45) is 4.53. The van der Waals surface area contributed by atoms with Crippen molar-refractivity contribution in [3.63, 3.8) is 0 Å². The molecule has 1 heterocycles. The van der Waals surface area contributed by atoms with Gasteiger partial charge in [0.2, 0.25) is 0 Å². The maximum atomic E-state index is 13.8. The number of aromatic nitrogens is 2. The fraction of sp³-hybridized carbons (Fsp3) is 0.214. The lowest BCUT2D eigenvalue weighted by atomic mass is 10.1. The summed E-state index contributed by atoms with van der Waals surface area (Å²) in [6.45, 7) is 0.327. The third-order valence-electron chi connectivity index (χ3n) is 2.70. The lowest BCUT2D eigenvalue weighted by Crippen LogP contribution is -2.40. The molecule has 1 aromatic carbocycles. The number of alkyl halides is 2. The fourth-order valence-corrected chi connectivity index (χ4v) is 1.65. The third-order valence-corrected chi connectivity index (χ3v) is 2.70. The van der Waals surface area contributed by atoms with Gasteiger partial charge in [-0.15, -0.1) is 0 Å². The first-order valence-electron chi connectivity index (χ1n) is 6.32. The van der Waals surface area contributed by atoms with Crippen LogP contribution in [0.5, 0.6) is 0 Å². The van der Waals surface area contributed by atoms with Crippen LogP contribution in [0.2, 0.25) is 0 Å². The molecule has 0 spiro atoms. The lowest BCUT2D eigenvalue weighted by molar-refractivity contribution is -0.146. The standard InChI is InChI=1S/C14H14F2N4O/c15-14(16,11-4-2-1-3-5-11)13(21)20-9-8-19-12-10-17-6-7-18-12/h1-7,10H,8-9H2,(H,18,19)(H,20,21). The van der Waals surface area contributed by atoms with E-state index < -0.39 is 11.8 Å². The summed E-state index contributed by atoms with van der Waals surface area (Å²) < 4.78 is 27.7. The predicted molar refractivity (Wildman–Crippen MR) is 73.9 cm³/mol. The molecule has 7 heteroatoms. The van der Waals surface area contributed by atoms with Crippen molar-refractivity contribution in [2.24, 2.45) is 0 Å². The van der Waals surface area contributed by atoms with E-state index in [-0.39, 0.29) is 18.7 Å². The zero-order chi connectivity index (χ0) is 15.1. The molecule has 0 unspecified atom stereocenters. The van der Waals surface area contributed by atoms with Crippen molar-refractivity contribution in [2.45, 2.75) is 5.92 Å². The summed E-state index contributed by atoms with van der Waals surface area (Å²) >= 11 is 0. The summed E-state index contributed by atoms with van der Waals surface area (Å²) in [4.78, 5) is 19.4. The van der Waals surface area contributed by atoms with Gasteiger partial charge in [0.05, 0.1) is 6.20 Å². The van der Waals surface area contributed by atoms with Gasteiger partial charge in [-0.1, -0.05) is 30.3 Å². The molecule has 0 aliphatic carbocycles. The van der Waals surface area contributed by atoms with Gasteiger partial charge in [0.1, 0.15) is 5.82 Å². The number of carbonyl (C=O) groups excluding carboxylic acids is 1. The topological polar surface area (TPSA) is 66.9 Å². The summed E-state index contributed by atoms with van der Waals surface area (Å²) in [5, 5.41) is 5.05. The number of rotatable bonds is 6.